The molecule has 1 aromatic rings. The second-order valence-corrected chi connectivity index (χ2v) is 4.97. The number of Topliss-reactive ketones (excluding diaryl/α,β-unsaturated/α-hetero) is 1. The van der Waals surface area contributed by atoms with Crippen molar-refractivity contribution in [1.29, 1.82) is 0 Å². The van der Waals surface area contributed by atoms with Crippen LogP contribution in [0, 0.1) is 0 Å². The van der Waals surface area contributed by atoms with Gasteiger partial charge in [0.15, 0.2) is 11.6 Å². The fraction of sp³-hybridized carbons (Fsp3) is 0.0588. The minimum atomic E-state index is -0.305. The van der Waals surface area contributed by atoms with E-state index >= 15 is 0 Å². The largest absolute Gasteiger partial charge is 0.497 e. The Kier molecular flexibility index (Phi) is 3.18. The zero-order chi connectivity index (χ0) is 15.9. The Morgan fingerprint density at radius 3 is 2.23 bits per heavy atom. The minimum absolute atomic E-state index is 0.179. The highest BCUT2D eigenvalue weighted by Crippen LogP contribution is 2.34. The van der Waals surface area contributed by atoms with E-state index in [2.05, 4.69) is 0 Å². The maximum atomic E-state index is 12.7. The number of ether oxygens (including phenoxy) is 1. The summed E-state index contributed by atoms with van der Waals surface area (Å²) in [4.78, 5) is 24.6. The van der Waals surface area contributed by atoms with Gasteiger partial charge in [0.1, 0.15) is 5.75 Å². The SMILES string of the molecule is COc1ccc(C2=CC(N)=C3C(=O)C=CC(N)=C3C2=O)cc1. The summed E-state index contributed by atoms with van der Waals surface area (Å²) in [7, 11) is 1.57. The Morgan fingerprint density at radius 1 is 0.909 bits per heavy atom. The third-order valence-electron chi connectivity index (χ3n) is 3.66. The van der Waals surface area contributed by atoms with E-state index in [0.717, 1.165) is 0 Å². The molecule has 22 heavy (non-hydrogen) atoms. The lowest BCUT2D eigenvalue weighted by atomic mass is 9.81. The molecule has 5 heteroatoms. The van der Waals surface area contributed by atoms with Crippen molar-refractivity contribution in [2.24, 2.45) is 11.5 Å². The predicted octanol–water partition coefficient (Wildman–Crippen LogP) is 1.23. The zero-order valence-corrected chi connectivity index (χ0v) is 11.9. The van der Waals surface area contributed by atoms with E-state index in [0.29, 0.717) is 16.9 Å². The Bertz CT molecular complexity index is 809. The van der Waals surface area contributed by atoms with Crippen molar-refractivity contribution in [1.82, 2.24) is 0 Å². The maximum Gasteiger partial charge on any atom is 0.196 e. The summed E-state index contributed by atoms with van der Waals surface area (Å²) in [6.07, 6.45) is 4.27. The Labute approximate surface area is 127 Å². The van der Waals surface area contributed by atoms with Crippen molar-refractivity contribution >= 4 is 17.1 Å². The standard InChI is InChI=1S/C17H14N2O3/c1-22-10-4-2-9(3-5-10)11-8-13(19)15-14(20)7-6-12(18)16(15)17(11)21/h2-8H,18-19H2,1H3. The molecule has 2 aliphatic rings. The first-order chi connectivity index (χ1) is 10.5. The molecule has 0 radical (unpaired) electrons. The number of rotatable bonds is 2. The molecule has 4 N–H and O–H groups in total. The lowest BCUT2D eigenvalue weighted by Gasteiger charge is -2.22. The van der Waals surface area contributed by atoms with Gasteiger partial charge in [-0.1, -0.05) is 12.1 Å². The van der Waals surface area contributed by atoms with Gasteiger partial charge in [-0.05, 0) is 35.9 Å². The molecule has 0 saturated heterocycles. The number of allylic oxidation sites excluding steroid dienone is 6. The van der Waals surface area contributed by atoms with E-state index in [1.807, 2.05) is 0 Å². The monoisotopic (exact) mass is 294 g/mol. The summed E-state index contributed by atoms with van der Waals surface area (Å²) in [5, 5.41) is 0. The van der Waals surface area contributed by atoms with E-state index < -0.39 is 0 Å². The molecule has 2 aliphatic carbocycles. The van der Waals surface area contributed by atoms with E-state index in [4.69, 9.17) is 16.2 Å². The summed E-state index contributed by atoms with van der Waals surface area (Å²) in [5.74, 6) is 0.0796. The molecule has 0 heterocycles. The number of fused-ring (bicyclic) bond motifs is 1. The van der Waals surface area contributed by atoms with Gasteiger partial charge in [-0.2, -0.15) is 0 Å². The van der Waals surface area contributed by atoms with Gasteiger partial charge in [-0.3, -0.25) is 9.59 Å². The van der Waals surface area contributed by atoms with Gasteiger partial charge >= 0.3 is 0 Å². The van der Waals surface area contributed by atoms with Crippen LogP contribution < -0.4 is 16.2 Å². The van der Waals surface area contributed by atoms with Gasteiger partial charge in [-0.15, -0.1) is 0 Å². The van der Waals surface area contributed by atoms with Crippen molar-refractivity contribution in [3.05, 3.63) is 70.6 Å². The molecule has 0 aliphatic heterocycles. The summed E-state index contributed by atoms with van der Waals surface area (Å²) in [6.45, 7) is 0. The maximum absolute atomic E-state index is 12.7. The number of carbonyl (C=O) groups is 2. The number of methoxy groups -OCH3 is 1. The zero-order valence-electron chi connectivity index (χ0n) is 11.9. The van der Waals surface area contributed by atoms with Gasteiger partial charge in [0, 0.05) is 17.0 Å². The molecule has 0 fully saturated rings. The molecule has 3 rings (SSSR count). The topological polar surface area (TPSA) is 95.4 Å². The highest BCUT2D eigenvalue weighted by atomic mass is 16.5. The van der Waals surface area contributed by atoms with Crippen LogP contribution in [-0.2, 0) is 9.59 Å². The Hall–Kier alpha value is -3.08. The molecular formula is C17H14N2O3. The first kappa shape index (κ1) is 13.9. The van der Waals surface area contributed by atoms with Gasteiger partial charge in [0.25, 0.3) is 0 Å². The van der Waals surface area contributed by atoms with E-state index in [9.17, 15) is 9.59 Å². The van der Waals surface area contributed by atoms with Crippen LogP contribution in [0.15, 0.2) is 65.0 Å². The van der Waals surface area contributed by atoms with Crippen LogP contribution in [-0.4, -0.2) is 18.7 Å². The number of nitrogens with two attached hydrogens (primary N) is 2. The third-order valence-corrected chi connectivity index (χ3v) is 3.66. The molecule has 0 atom stereocenters. The summed E-state index contributed by atoms with van der Waals surface area (Å²) in [6, 6.07) is 7.03. The summed E-state index contributed by atoms with van der Waals surface area (Å²) >= 11 is 0. The van der Waals surface area contributed by atoms with E-state index in [1.165, 1.54) is 18.2 Å². The first-order valence-electron chi connectivity index (χ1n) is 6.66. The molecule has 0 spiro atoms. The predicted molar refractivity (Wildman–Crippen MR) is 82.6 cm³/mol. The third kappa shape index (κ3) is 2.03. The van der Waals surface area contributed by atoms with Crippen LogP contribution in [0.3, 0.4) is 0 Å². The molecular weight excluding hydrogens is 280 g/mol. The molecule has 110 valence electrons. The average molecular weight is 294 g/mol. The second kappa shape index (κ2) is 5.04. The molecule has 0 unspecified atom stereocenters. The molecule has 0 amide bonds. The summed E-state index contributed by atoms with van der Waals surface area (Å²) < 4.78 is 5.10. The smallest absolute Gasteiger partial charge is 0.196 e. The van der Waals surface area contributed by atoms with Gasteiger partial charge in [0.2, 0.25) is 0 Å². The minimum Gasteiger partial charge on any atom is -0.497 e. The van der Waals surface area contributed by atoms with Crippen molar-refractivity contribution in [2.45, 2.75) is 0 Å². The van der Waals surface area contributed by atoms with Crippen LogP contribution >= 0.6 is 0 Å². The lowest BCUT2D eigenvalue weighted by Crippen LogP contribution is -2.26. The quantitative estimate of drug-likeness (QED) is 0.855. The van der Waals surface area contributed by atoms with Crippen LogP contribution in [0.4, 0.5) is 0 Å². The number of hydrogen-bond acceptors (Lipinski definition) is 5. The van der Waals surface area contributed by atoms with Gasteiger partial charge in [-0.25, -0.2) is 0 Å². The highest BCUT2D eigenvalue weighted by molar-refractivity contribution is 6.36. The molecule has 0 aromatic heterocycles. The Morgan fingerprint density at radius 2 is 1.59 bits per heavy atom. The fourth-order valence-electron chi connectivity index (χ4n) is 2.54. The number of benzene rings is 1. The van der Waals surface area contributed by atoms with Crippen molar-refractivity contribution in [3.8, 4) is 5.75 Å². The number of ketones is 2. The normalized spacial score (nSPS) is 17.6. The van der Waals surface area contributed by atoms with Crippen LogP contribution in [0.5, 0.6) is 5.75 Å². The molecule has 0 bridgehead atoms. The number of hydrogen-bond donors (Lipinski definition) is 2. The first-order valence-corrected chi connectivity index (χ1v) is 6.66. The number of carbonyl (C=O) groups excluding carboxylic acids is 2. The van der Waals surface area contributed by atoms with Gasteiger partial charge in [0.05, 0.1) is 18.3 Å². The van der Waals surface area contributed by atoms with Crippen LogP contribution in [0.25, 0.3) is 5.57 Å². The Balaban J connectivity index is 2.15. The summed E-state index contributed by atoms with van der Waals surface area (Å²) in [5.41, 5.74) is 13.8. The van der Waals surface area contributed by atoms with Crippen LogP contribution in [0.1, 0.15) is 5.56 Å². The molecule has 0 saturated carbocycles. The van der Waals surface area contributed by atoms with Crippen molar-refractivity contribution in [2.75, 3.05) is 7.11 Å². The fourth-order valence-corrected chi connectivity index (χ4v) is 2.54. The molecule has 1 aromatic carbocycles. The second-order valence-electron chi connectivity index (χ2n) is 4.97. The van der Waals surface area contributed by atoms with Crippen molar-refractivity contribution in [3.63, 3.8) is 0 Å². The highest BCUT2D eigenvalue weighted by Gasteiger charge is 2.32. The van der Waals surface area contributed by atoms with E-state index in [-0.39, 0.29) is 34.1 Å². The lowest BCUT2D eigenvalue weighted by molar-refractivity contribution is -0.113. The van der Waals surface area contributed by atoms with Crippen molar-refractivity contribution < 1.29 is 14.3 Å². The van der Waals surface area contributed by atoms with Crippen LogP contribution in [0.2, 0.25) is 0 Å². The van der Waals surface area contributed by atoms with Gasteiger partial charge < -0.3 is 16.2 Å². The average Bonchev–Trinajstić information content (AvgIpc) is 2.53. The van der Waals surface area contributed by atoms with E-state index in [1.54, 1.807) is 31.4 Å². The molecule has 5 nitrogen and oxygen atoms in total.